The van der Waals surface area contributed by atoms with E-state index in [1.54, 1.807) is 6.07 Å². The summed E-state index contributed by atoms with van der Waals surface area (Å²) in [5.41, 5.74) is 8.38. The fraction of sp³-hybridized carbons (Fsp3) is 0.143. The molecule has 0 atom stereocenters. The average Bonchev–Trinajstić information content (AvgIpc) is 2.75. The minimum Gasteiger partial charge on any atom is -0.206 e. The second-order valence-corrected chi connectivity index (χ2v) is 7.58. The summed E-state index contributed by atoms with van der Waals surface area (Å²) >= 11 is 0. The molecule has 0 aliphatic heterocycles. The summed E-state index contributed by atoms with van der Waals surface area (Å²) in [6, 6.07) is 30.5. The van der Waals surface area contributed by atoms with Gasteiger partial charge in [-0.15, -0.1) is 0 Å². The van der Waals surface area contributed by atoms with Gasteiger partial charge in [0.15, 0.2) is 0 Å². The van der Waals surface area contributed by atoms with Gasteiger partial charge in [-0.3, -0.25) is 0 Å². The van der Waals surface area contributed by atoms with Crippen LogP contribution in [0, 0.1) is 12.7 Å². The Morgan fingerprint density at radius 2 is 1.07 bits per heavy atom. The SMILES string of the molecule is CCCc1ccc(-c2ccc(-c3ccc(-c4ccc(C)cc4)c(F)c3)cc2)cc1. The van der Waals surface area contributed by atoms with E-state index in [2.05, 4.69) is 55.5 Å². The van der Waals surface area contributed by atoms with Crippen LogP contribution >= 0.6 is 0 Å². The molecule has 0 aliphatic rings. The first-order valence-corrected chi connectivity index (χ1v) is 10.2. The minimum absolute atomic E-state index is 0.193. The Morgan fingerprint density at radius 3 is 1.62 bits per heavy atom. The maximum atomic E-state index is 14.8. The molecule has 0 aliphatic carbocycles. The van der Waals surface area contributed by atoms with Gasteiger partial charge in [0.1, 0.15) is 5.82 Å². The smallest absolute Gasteiger partial charge is 0.131 e. The van der Waals surface area contributed by atoms with Crippen LogP contribution < -0.4 is 0 Å². The number of halogens is 1. The van der Waals surface area contributed by atoms with Crippen molar-refractivity contribution in [3.05, 3.63) is 108 Å². The molecule has 1 heteroatoms. The van der Waals surface area contributed by atoms with E-state index < -0.39 is 0 Å². The Kier molecular flexibility index (Phi) is 5.57. The van der Waals surface area contributed by atoms with E-state index in [4.69, 9.17) is 0 Å². The standard InChI is InChI=1S/C28H25F/c1-3-4-21-7-11-22(12-8-21)23-13-15-24(16-14-23)26-17-18-27(28(29)19-26)25-9-5-20(2)6-10-25/h5-19H,3-4H2,1-2H3. The molecular weight excluding hydrogens is 355 g/mol. The highest BCUT2D eigenvalue weighted by Crippen LogP contribution is 2.30. The fourth-order valence-corrected chi connectivity index (χ4v) is 3.67. The summed E-state index contributed by atoms with van der Waals surface area (Å²) in [6.45, 7) is 4.23. The summed E-state index contributed by atoms with van der Waals surface area (Å²) in [4.78, 5) is 0. The lowest BCUT2D eigenvalue weighted by Crippen LogP contribution is -1.87. The number of rotatable bonds is 5. The van der Waals surface area contributed by atoms with Gasteiger partial charge in [0.25, 0.3) is 0 Å². The highest BCUT2D eigenvalue weighted by atomic mass is 19.1. The van der Waals surface area contributed by atoms with Gasteiger partial charge >= 0.3 is 0 Å². The third-order valence-corrected chi connectivity index (χ3v) is 5.38. The predicted molar refractivity (Wildman–Crippen MR) is 121 cm³/mol. The molecule has 4 aromatic carbocycles. The molecule has 0 fully saturated rings. The summed E-state index contributed by atoms with van der Waals surface area (Å²) < 4.78 is 14.8. The zero-order valence-corrected chi connectivity index (χ0v) is 17.0. The summed E-state index contributed by atoms with van der Waals surface area (Å²) in [6.07, 6.45) is 2.27. The first kappa shape index (κ1) is 19.1. The molecule has 0 amide bonds. The van der Waals surface area contributed by atoms with Crippen molar-refractivity contribution < 1.29 is 4.39 Å². The Hall–Kier alpha value is -3.19. The third kappa shape index (κ3) is 4.30. The Balaban J connectivity index is 1.57. The molecule has 0 heterocycles. The lowest BCUT2D eigenvalue weighted by Gasteiger charge is -2.09. The molecular formula is C28H25F. The average molecular weight is 381 g/mol. The lowest BCUT2D eigenvalue weighted by atomic mass is 9.97. The van der Waals surface area contributed by atoms with Gasteiger partial charge in [-0.2, -0.15) is 0 Å². The number of hydrogen-bond acceptors (Lipinski definition) is 0. The van der Waals surface area contributed by atoms with Gasteiger partial charge in [0, 0.05) is 5.56 Å². The van der Waals surface area contributed by atoms with E-state index in [0.717, 1.165) is 29.5 Å². The zero-order valence-electron chi connectivity index (χ0n) is 17.0. The van der Waals surface area contributed by atoms with Crippen LogP contribution in [-0.4, -0.2) is 0 Å². The Labute approximate surface area is 172 Å². The van der Waals surface area contributed by atoms with Crippen molar-refractivity contribution in [3.63, 3.8) is 0 Å². The van der Waals surface area contributed by atoms with Crippen LogP contribution in [0.25, 0.3) is 33.4 Å². The molecule has 144 valence electrons. The van der Waals surface area contributed by atoms with E-state index in [-0.39, 0.29) is 5.82 Å². The molecule has 0 unspecified atom stereocenters. The summed E-state index contributed by atoms with van der Waals surface area (Å²) in [5.74, 6) is -0.193. The summed E-state index contributed by atoms with van der Waals surface area (Å²) in [7, 11) is 0. The largest absolute Gasteiger partial charge is 0.206 e. The molecule has 0 spiro atoms. The van der Waals surface area contributed by atoms with Crippen LogP contribution in [0.4, 0.5) is 4.39 Å². The third-order valence-electron chi connectivity index (χ3n) is 5.38. The lowest BCUT2D eigenvalue weighted by molar-refractivity contribution is 0.632. The molecule has 0 N–H and O–H groups in total. The highest BCUT2D eigenvalue weighted by Gasteiger charge is 2.08. The van der Waals surface area contributed by atoms with Gasteiger partial charge < -0.3 is 0 Å². The van der Waals surface area contributed by atoms with E-state index >= 15 is 0 Å². The summed E-state index contributed by atoms with van der Waals surface area (Å²) in [5, 5.41) is 0. The molecule has 0 radical (unpaired) electrons. The second-order valence-electron chi connectivity index (χ2n) is 7.58. The molecule has 0 saturated heterocycles. The van der Waals surface area contributed by atoms with Gasteiger partial charge in [0.05, 0.1) is 0 Å². The second kappa shape index (κ2) is 8.45. The molecule has 4 rings (SSSR count). The van der Waals surface area contributed by atoms with Gasteiger partial charge in [-0.25, -0.2) is 4.39 Å². The van der Waals surface area contributed by atoms with Crippen molar-refractivity contribution in [3.8, 4) is 33.4 Å². The van der Waals surface area contributed by atoms with Gasteiger partial charge in [-0.05, 0) is 52.8 Å². The van der Waals surface area contributed by atoms with E-state index in [1.807, 2.05) is 43.3 Å². The Bertz CT molecular complexity index is 1090. The van der Waals surface area contributed by atoms with Crippen molar-refractivity contribution >= 4 is 0 Å². The van der Waals surface area contributed by atoms with Crippen LogP contribution in [0.3, 0.4) is 0 Å². The number of aryl methyl sites for hydroxylation is 2. The van der Waals surface area contributed by atoms with Crippen molar-refractivity contribution in [2.24, 2.45) is 0 Å². The van der Waals surface area contributed by atoms with Crippen LogP contribution in [-0.2, 0) is 6.42 Å². The Morgan fingerprint density at radius 1 is 0.586 bits per heavy atom. The van der Waals surface area contributed by atoms with Gasteiger partial charge in [0.2, 0.25) is 0 Å². The number of hydrogen-bond donors (Lipinski definition) is 0. The molecule has 0 nitrogen and oxygen atoms in total. The maximum absolute atomic E-state index is 14.8. The first-order chi connectivity index (χ1) is 14.1. The van der Waals surface area contributed by atoms with Crippen molar-refractivity contribution in [1.29, 1.82) is 0 Å². The molecule has 4 aromatic rings. The van der Waals surface area contributed by atoms with Crippen molar-refractivity contribution in [2.75, 3.05) is 0 Å². The fourth-order valence-electron chi connectivity index (χ4n) is 3.67. The molecule has 0 saturated carbocycles. The van der Waals surface area contributed by atoms with E-state index in [1.165, 1.54) is 22.3 Å². The quantitative estimate of drug-likeness (QED) is 0.328. The predicted octanol–water partition coefficient (Wildman–Crippen LogP) is 8.09. The highest BCUT2D eigenvalue weighted by molar-refractivity contribution is 5.73. The van der Waals surface area contributed by atoms with Crippen LogP contribution in [0.15, 0.2) is 91.0 Å². The topological polar surface area (TPSA) is 0 Å². The van der Waals surface area contributed by atoms with E-state index in [9.17, 15) is 4.39 Å². The van der Waals surface area contributed by atoms with E-state index in [0.29, 0.717) is 5.56 Å². The minimum atomic E-state index is -0.193. The van der Waals surface area contributed by atoms with Crippen molar-refractivity contribution in [1.82, 2.24) is 0 Å². The molecule has 0 aromatic heterocycles. The molecule has 29 heavy (non-hydrogen) atoms. The van der Waals surface area contributed by atoms with Crippen LogP contribution in [0.1, 0.15) is 24.5 Å². The van der Waals surface area contributed by atoms with Gasteiger partial charge in [-0.1, -0.05) is 104 Å². The normalized spacial score (nSPS) is 10.9. The van der Waals surface area contributed by atoms with Crippen LogP contribution in [0.2, 0.25) is 0 Å². The monoisotopic (exact) mass is 380 g/mol. The first-order valence-electron chi connectivity index (χ1n) is 10.2. The van der Waals surface area contributed by atoms with Crippen molar-refractivity contribution in [2.45, 2.75) is 26.7 Å². The maximum Gasteiger partial charge on any atom is 0.131 e. The number of benzene rings is 4. The zero-order chi connectivity index (χ0) is 20.2. The van der Waals surface area contributed by atoms with Crippen LogP contribution in [0.5, 0.6) is 0 Å². The molecule has 0 bridgehead atoms.